The Morgan fingerprint density at radius 3 is 1.88 bits per heavy atom. The molecule has 0 heterocycles. The summed E-state index contributed by atoms with van der Waals surface area (Å²) in [5, 5.41) is 0.307. The van der Waals surface area contributed by atoms with Crippen molar-refractivity contribution in [1.82, 2.24) is 0 Å². The average molecular weight is 273 g/mol. The van der Waals surface area contributed by atoms with Gasteiger partial charge in [-0.1, -0.05) is 39.9 Å². The molecule has 0 fully saturated rings. The molecule has 102 valence electrons. The van der Waals surface area contributed by atoms with Crippen LogP contribution >= 0.6 is 0 Å². The molecule has 0 amide bonds. The van der Waals surface area contributed by atoms with Crippen LogP contribution in [0.3, 0.4) is 0 Å². The van der Waals surface area contributed by atoms with Crippen LogP contribution in [0.4, 0.5) is 0 Å². The minimum atomic E-state index is -1.76. The van der Waals surface area contributed by atoms with Crippen molar-refractivity contribution in [3.8, 4) is 0 Å². The standard InChI is InChI=1S/C14H32OSi2/c1-10-13(4,11-2)17(8,9)15-14(5,12-3)16(6)7/h10,16H,1,11-12H2,2-9H3/t13-,14-/m0/s1. The quantitative estimate of drug-likeness (QED) is 0.480. The van der Waals surface area contributed by atoms with E-state index in [1.54, 1.807) is 0 Å². The van der Waals surface area contributed by atoms with Crippen LogP contribution in [-0.2, 0) is 4.43 Å². The third kappa shape index (κ3) is 3.55. The summed E-state index contributed by atoms with van der Waals surface area (Å²) in [5.41, 5.74) is 0. The van der Waals surface area contributed by atoms with E-state index in [0.717, 1.165) is 12.8 Å². The fourth-order valence-corrected chi connectivity index (χ4v) is 7.64. The van der Waals surface area contributed by atoms with Gasteiger partial charge in [-0.15, -0.1) is 6.58 Å². The van der Waals surface area contributed by atoms with Gasteiger partial charge in [0.05, 0.1) is 8.80 Å². The monoisotopic (exact) mass is 272 g/mol. The molecule has 0 unspecified atom stereocenters. The molecule has 2 atom stereocenters. The van der Waals surface area contributed by atoms with Crippen LogP contribution in [0.1, 0.15) is 40.5 Å². The van der Waals surface area contributed by atoms with Gasteiger partial charge >= 0.3 is 0 Å². The van der Waals surface area contributed by atoms with Gasteiger partial charge < -0.3 is 4.43 Å². The molecule has 0 aliphatic heterocycles. The van der Waals surface area contributed by atoms with E-state index in [1.165, 1.54) is 0 Å². The summed E-state index contributed by atoms with van der Waals surface area (Å²) in [7, 11) is -2.58. The van der Waals surface area contributed by atoms with Crippen molar-refractivity contribution < 1.29 is 4.43 Å². The van der Waals surface area contributed by atoms with E-state index in [1.807, 2.05) is 0 Å². The fraction of sp³-hybridized carbons (Fsp3) is 0.857. The maximum Gasteiger partial charge on any atom is 0.196 e. The molecule has 0 aliphatic rings. The Balaban J connectivity index is 5.15. The molecule has 0 rings (SSSR count). The predicted octanol–water partition coefficient (Wildman–Crippen LogP) is 4.76. The average Bonchev–Trinajstić information content (AvgIpc) is 2.26. The zero-order chi connectivity index (χ0) is 13.9. The summed E-state index contributed by atoms with van der Waals surface area (Å²) in [6, 6.07) is 0. The van der Waals surface area contributed by atoms with Gasteiger partial charge in [-0.2, -0.15) is 0 Å². The lowest BCUT2D eigenvalue weighted by atomic mass is 10.1. The largest absolute Gasteiger partial charge is 0.414 e. The molecule has 0 aromatic carbocycles. The molecule has 1 nitrogen and oxygen atoms in total. The van der Waals surface area contributed by atoms with Gasteiger partial charge in [0.25, 0.3) is 0 Å². The number of rotatable bonds is 7. The van der Waals surface area contributed by atoms with Crippen LogP contribution in [0.15, 0.2) is 12.7 Å². The normalized spacial score (nSPS) is 19.8. The smallest absolute Gasteiger partial charge is 0.196 e. The molecule has 0 radical (unpaired) electrons. The van der Waals surface area contributed by atoms with Crippen molar-refractivity contribution in [3.63, 3.8) is 0 Å². The Kier molecular flexibility index (Phi) is 5.90. The number of hydrogen-bond donors (Lipinski definition) is 0. The van der Waals surface area contributed by atoms with Crippen LogP contribution in [-0.4, -0.2) is 22.3 Å². The van der Waals surface area contributed by atoms with Crippen molar-refractivity contribution in [2.45, 2.75) is 77.0 Å². The molecule has 3 heteroatoms. The van der Waals surface area contributed by atoms with E-state index >= 15 is 0 Å². The van der Waals surface area contributed by atoms with Gasteiger partial charge in [0, 0.05) is 10.3 Å². The molecular formula is C14H32OSi2. The SMILES string of the molecule is C=C[C@@](C)(CC)[Si](C)(C)O[C@](C)(CC)[SiH](C)C. The first-order chi connectivity index (χ1) is 7.58. The highest BCUT2D eigenvalue weighted by molar-refractivity contribution is 6.76. The third-order valence-corrected chi connectivity index (χ3v) is 12.5. The highest BCUT2D eigenvalue weighted by Crippen LogP contribution is 2.45. The van der Waals surface area contributed by atoms with Crippen molar-refractivity contribution in [1.29, 1.82) is 0 Å². The summed E-state index contributed by atoms with van der Waals surface area (Å²) in [5.74, 6) is 0. The Labute approximate surface area is 111 Å². The summed E-state index contributed by atoms with van der Waals surface area (Å²) in [4.78, 5) is 0. The van der Waals surface area contributed by atoms with Crippen molar-refractivity contribution in [3.05, 3.63) is 12.7 Å². The van der Waals surface area contributed by atoms with Gasteiger partial charge in [0.1, 0.15) is 0 Å². The molecule has 0 spiro atoms. The Morgan fingerprint density at radius 1 is 1.18 bits per heavy atom. The van der Waals surface area contributed by atoms with E-state index in [-0.39, 0.29) is 10.3 Å². The highest BCUT2D eigenvalue weighted by Gasteiger charge is 2.46. The van der Waals surface area contributed by atoms with Gasteiger partial charge in [-0.25, -0.2) is 0 Å². The van der Waals surface area contributed by atoms with Crippen LogP contribution in [0, 0.1) is 0 Å². The van der Waals surface area contributed by atoms with Crippen LogP contribution in [0.25, 0.3) is 0 Å². The minimum absolute atomic E-state index is 0.134. The number of allylic oxidation sites excluding steroid dienone is 1. The highest BCUT2D eigenvalue weighted by atomic mass is 28.4. The third-order valence-electron chi connectivity index (χ3n) is 4.97. The first-order valence-electron chi connectivity index (χ1n) is 6.92. The molecule has 0 saturated heterocycles. The van der Waals surface area contributed by atoms with E-state index in [0.29, 0.717) is 0 Å². The Bertz CT molecular complexity index is 263. The van der Waals surface area contributed by atoms with Gasteiger partial charge in [-0.05, 0) is 32.9 Å². The maximum absolute atomic E-state index is 6.71. The van der Waals surface area contributed by atoms with E-state index in [9.17, 15) is 0 Å². The molecule has 0 saturated carbocycles. The predicted molar refractivity (Wildman–Crippen MR) is 85.0 cm³/mol. The van der Waals surface area contributed by atoms with E-state index in [4.69, 9.17) is 4.43 Å². The van der Waals surface area contributed by atoms with Crippen molar-refractivity contribution >= 4 is 17.1 Å². The Morgan fingerprint density at radius 2 is 1.65 bits per heavy atom. The molecule has 0 aromatic heterocycles. The summed E-state index contributed by atoms with van der Waals surface area (Å²) in [6.07, 6.45) is 4.37. The van der Waals surface area contributed by atoms with Crippen LogP contribution in [0.5, 0.6) is 0 Å². The van der Waals surface area contributed by atoms with Gasteiger partial charge in [0.15, 0.2) is 8.32 Å². The number of hydrogen-bond acceptors (Lipinski definition) is 1. The van der Waals surface area contributed by atoms with Crippen molar-refractivity contribution in [2.24, 2.45) is 0 Å². The lowest BCUT2D eigenvalue weighted by Crippen LogP contribution is -2.54. The lowest BCUT2D eigenvalue weighted by Gasteiger charge is -2.47. The molecule has 17 heavy (non-hydrogen) atoms. The second-order valence-electron chi connectivity index (χ2n) is 6.41. The molecule has 0 aliphatic carbocycles. The minimum Gasteiger partial charge on any atom is -0.414 e. The maximum atomic E-state index is 6.71. The summed E-state index contributed by atoms with van der Waals surface area (Å²) < 4.78 is 6.71. The topological polar surface area (TPSA) is 9.23 Å². The molecular weight excluding hydrogens is 240 g/mol. The lowest BCUT2D eigenvalue weighted by molar-refractivity contribution is 0.145. The zero-order valence-corrected chi connectivity index (χ0v) is 15.3. The summed E-state index contributed by atoms with van der Waals surface area (Å²) >= 11 is 0. The van der Waals surface area contributed by atoms with Gasteiger partial charge in [-0.3, -0.25) is 0 Å². The van der Waals surface area contributed by atoms with Gasteiger partial charge in [0.2, 0.25) is 0 Å². The molecule has 0 N–H and O–H groups in total. The zero-order valence-electron chi connectivity index (χ0n) is 13.2. The second-order valence-corrected chi connectivity index (χ2v) is 14.3. The van der Waals surface area contributed by atoms with E-state index < -0.39 is 17.1 Å². The van der Waals surface area contributed by atoms with Crippen LogP contribution < -0.4 is 0 Å². The fourth-order valence-electron chi connectivity index (χ4n) is 2.11. The molecule has 0 bridgehead atoms. The first-order valence-corrected chi connectivity index (χ1v) is 12.7. The molecule has 0 aromatic rings. The van der Waals surface area contributed by atoms with Crippen LogP contribution in [0.2, 0.25) is 31.2 Å². The summed E-state index contributed by atoms with van der Waals surface area (Å²) in [6.45, 7) is 22.7. The van der Waals surface area contributed by atoms with E-state index in [2.05, 4.69) is 66.5 Å². The first kappa shape index (κ1) is 17.1. The second kappa shape index (κ2) is 5.85. The Hall–Kier alpha value is 0.134. The van der Waals surface area contributed by atoms with Crippen molar-refractivity contribution in [2.75, 3.05) is 0 Å².